The number of carbonyl (C=O) groups is 1. The summed E-state index contributed by atoms with van der Waals surface area (Å²) < 4.78 is 12.3. The molecule has 1 aliphatic rings. The number of nitrogen functional groups attached to an aromatic ring is 1. The van der Waals surface area contributed by atoms with Crippen LogP contribution >= 0.6 is 0 Å². The molecular weight excluding hydrogens is 248 g/mol. The van der Waals surface area contributed by atoms with E-state index in [0.717, 1.165) is 25.9 Å². The molecule has 1 saturated heterocycles. The maximum atomic E-state index is 12.3. The molecule has 2 N–H and O–H groups in total. The fourth-order valence-electron chi connectivity index (χ4n) is 2.14. The van der Waals surface area contributed by atoms with Crippen molar-refractivity contribution in [3.63, 3.8) is 0 Å². The molecule has 2 unspecified atom stereocenters. The Morgan fingerprint density at radius 1 is 1.33 bits per heavy atom. The molecule has 1 aromatic carbocycles. The van der Waals surface area contributed by atoms with Crippen molar-refractivity contribution in [3.05, 3.63) is 24.3 Å². The number of rotatable bonds is 3. The third-order valence-corrected chi connectivity index (χ3v) is 4.87. The van der Waals surface area contributed by atoms with Crippen LogP contribution in [0.2, 0.25) is 0 Å². The van der Waals surface area contributed by atoms with Crippen LogP contribution in [-0.2, 0) is 15.6 Å². The van der Waals surface area contributed by atoms with Crippen molar-refractivity contribution in [2.45, 2.75) is 29.9 Å². The second kappa shape index (κ2) is 5.52. The fourth-order valence-corrected chi connectivity index (χ4v) is 3.37. The Balaban J connectivity index is 2.13. The monoisotopic (exact) mass is 266 g/mol. The van der Waals surface area contributed by atoms with Gasteiger partial charge in [-0.05, 0) is 31.9 Å². The van der Waals surface area contributed by atoms with Crippen LogP contribution in [0, 0.1) is 0 Å². The second-order valence-corrected chi connectivity index (χ2v) is 6.25. The smallest absolute Gasteiger partial charge is 0.238 e. The molecule has 0 saturated carbocycles. The normalized spacial score (nSPS) is 18.6. The lowest BCUT2D eigenvalue weighted by atomic mass is 10.3. The zero-order valence-electron chi connectivity index (χ0n) is 10.5. The molecule has 0 bridgehead atoms. The zero-order chi connectivity index (χ0) is 13.1. The Morgan fingerprint density at radius 2 is 1.94 bits per heavy atom. The summed E-state index contributed by atoms with van der Waals surface area (Å²) in [6.45, 7) is 3.28. The Bertz CT molecular complexity index is 470. The van der Waals surface area contributed by atoms with E-state index in [1.807, 2.05) is 0 Å². The van der Waals surface area contributed by atoms with E-state index in [-0.39, 0.29) is 5.91 Å². The Kier molecular flexibility index (Phi) is 4.01. The topological polar surface area (TPSA) is 63.4 Å². The molecule has 5 heteroatoms. The van der Waals surface area contributed by atoms with E-state index in [1.54, 1.807) is 36.1 Å². The standard InChI is InChI=1S/C13H18N2O2S/c1-10(13(16)15-8-4-5-9-15)18(17)12-7-3-2-6-11(12)14/h2-3,6-7,10H,4-5,8-9,14H2,1H3. The van der Waals surface area contributed by atoms with Crippen LogP contribution in [-0.4, -0.2) is 33.4 Å². The van der Waals surface area contributed by atoms with Crippen LogP contribution in [0.25, 0.3) is 0 Å². The van der Waals surface area contributed by atoms with Gasteiger partial charge >= 0.3 is 0 Å². The van der Waals surface area contributed by atoms with E-state index in [1.165, 1.54) is 0 Å². The molecule has 2 rings (SSSR count). The number of hydrogen-bond acceptors (Lipinski definition) is 3. The van der Waals surface area contributed by atoms with Gasteiger partial charge in [-0.2, -0.15) is 0 Å². The molecule has 0 spiro atoms. The van der Waals surface area contributed by atoms with E-state index < -0.39 is 16.0 Å². The highest BCUT2D eigenvalue weighted by Gasteiger charge is 2.28. The van der Waals surface area contributed by atoms with Crippen LogP contribution in [0.15, 0.2) is 29.2 Å². The third kappa shape index (κ3) is 2.56. The van der Waals surface area contributed by atoms with Crippen LogP contribution in [0.1, 0.15) is 19.8 Å². The molecule has 4 nitrogen and oxygen atoms in total. The molecule has 1 heterocycles. The van der Waals surface area contributed by atoms with Crippen molar-refractivity contribution in [2.24, 2.45) is 0 Å². The van der Waals surface area contributed by atoms with Crippen LogP contribution in [0.5, 0.6) is 0 Å². The second-order valence-electron chi connectivity index (χ2n) is 4.51. The fraction of sp³-hybridized carbons (Fsp3) is 0.462. The highest BCUT2D eigenvalue weighted by molar-refractivity contribution is 7.86. The van der Waals surface area contributed by atoms with Gasteiger partial charge in [-0.1, -0.05) is 12.1 Å². The van der Waals surface area contributed by atoms with Crippen molar-refractivity contribution in [1.82, 2.24) is 4.90 Å². The molecule has 2 atom stereocenters. The van der Waals surface area contributed by atoms with Gasteiger partial charge in [0.2, 0.25) is 5.91 Å². The SMILES string of the molecule is CC(C(=O)N1CCCC1)S(=O)c1ccccc1N. The van der Waals surface area contributed by atoms with Gasteiger partial charge < -0.3 is 10.6 Å². The van der Waals surface area contributed by atoms with Crippen molar-refractivity contribution in [2.75, 3.05) is 18.8 Å². The number of benzene rings is 1. The molecule has 0 aromatic heterocycles. The predicted molar refractivity (Wildman–Crippen MR) is 72.5 cm³/mol. The average molecular weight is 266 g/mol. The van der Waals surface area contributed by atoms with E-state index in [0.29, 0.717) is 10.6 Å². The molecule has 0 radical (unpaired) electrons. The molecular formula is C13H18N2O2S. The van der Waals surface area contributed by atoms with Gasteiger partial charge in [-0.25, -0.2) is 0 Å². The van der Waals surface area contributed by atoms with E-state index in [4.69, 9.17) is 5.73 Å². The van der Waals surface area contributed by atoms with Gasteiger partial charge in [-0.15, -0.1) is 0 Å². The number of amides is 1. The Labute approximate surface area is 110 Å². The van der Waals surface area contributed by atoms with Gasteiger partial charge in [0.1, 0.15) is 5.25 Å². The number of nitrogens with two attached hydrogens (primary N) is 1. The summed E-state index contributed by atoms with van der Waals surface area (Å²) >= 11 is 0. The van der Waals surface area contributed by atoms with Crippen molar-refractivity contribution in [3.8, 4) is 0 Å². The number of nitrogens with zero attached hydrogens (tertiary/aromatic N) is 1. The average Bonchev–Trinajstić information content (AvgIpc) is 2.90. The molecule has 18 heavy (non-hydrogen) atoms. The van der Waals surface area contributed by atoms with Gasteiger partial charge in [0.25, 0.3) is 0 Å². The van der Waals surface area contributed by atoms with Crippen LogP contribution in [0.3, 0.4) is 0 Å². The first-order valence-electron chi connectivity index (χ1n) is 6.15. The van der Waals surface area contributed by atoms with Crippen molar-refractivity contribution < 1.29 is 9.00 Å². The van der Waals surface area contributed by atoms with Gasteiger partial charge in [0.05, 0.1) is 15.7 Å². The van der Waals surface area contributed by atoms with Gasteiger partial charge in [0, 0.05) is 18.8 Å². The lowest BCUT2D eigenvalue weighted by Crippen LogP contribution is -2.37. The Hall–Kier alpha value is -1.36. The zero-order valence-corrected chi connectivity index (χ0v) is 11.3. The summed E-state index contributed by atoms with van der Waals surface area (Å²) in [6.07, 6.45) is 2.08. The minimum atomic E-state index is -1.38. The number of para-hydroxylation sites is 1. The summed E-state index contributed by atoms with van der Waals surface area (Å²) in [6, 6.07) is 7.01. The Morgan fingerprint density at radius 3 is 2.56 bits per heavy atom. The number of carbonyl (C=O) groups excluding carboxylic acids is 1. The van der Waals surface area contributed by atoms with E-state index >= 15 is 0 Å². The number of anilines is 1. The summed E-state index contributed by atoms with van der Waals surface area (Å²) in [5.74, 6) is -0.0333. The van der Waals surface area contributed by atoms with Crippen molar-refractivity contribution >= 4 is 22.4 Å². The quantitative estimate of drug-likeness (QED) is 0.841. The minimum Gasteiger partial charge on any atom is -0.398 e. The molecule has 1 aromatic rings. The third-order valence-electron chi connectivity index (χ3n) is 3.22. The first kappa shape index (κ1) is 13.1. The van der Waals surface area contributed by atoms with Crippen molar-refractivity contribution in [1.29, 1.82) is 0 Å². The maximum absolute atomic E-state index is 12.3. The highest BCUT2D eigenvalue weighted by Crippen LogP contribution is 2.20. The first-order valence-corrected chi connectivity index (χ1v) is 7.36. The summed E-state index contributed by atoms with van der Waals surface area (Å²) in [5, 5.41) is -0.534. The van der Waals surface area contributed by atoms with E-state index in [9.17, 15) is 9.00 Å². The summed E-state index contributed by atoms with van der Waals surface area (Å²) in [7, 11) is -1.38. The largest absolute Gasteiger partial charge is 0.398 e. The van der Waals surface area contributed by atoms with Crippen LogP contribution < -0.4 is 5.73 Å². The van der Waals surface area contributed by atoms with Gasteiger partial charge in [-0.3, -0.25) is 9.00 Å². The minimum absolute atomic E-state index is 0.0333. The number of hydrogen-bond donors (Lipinski definition) is 1. The summed E-state index contributed by atoms with van der Waals surface area (Å²) in [5.41, 5.74) is 6.28. The van der Waals surface area contributed by atoms with Crippen LogP contribution in [0.4, 0.5) is 5.69 Å². The maximum Gasteiger partial charge on any atom is 0.238 e. The molecule has 0 aliphatic carbocycles. The molecule has 1 aliphatic heterocycles. The lowest BCUT2D eigenvalue weighted by Gasteiger charge is -2.20. The molecule has 1 fully saturated rings. The van der Waals surface area contributed by atoms with Gasteiger partial charge in [0.15, 0.2) is 0 Å². The lowest BCUT2D eigenvalue weighted by molar-refractivity contribution is -0.129. The highest BCUT2D eigenvalue weighted by atomic mass is 32.2. The first-order chi connectivity index (χ1) is 8.61. The molecule has 1 amide bonds. The summed E-state index contributed by atoms with van der Waals surface area (Å²) in [4.78, 5) is 14.5. The van der Waals surface area contributed by atoms with E-state index in [2.05, 4.69) is 0 Å². The number of likely N-dealkylation sites (tertiary alicyclic amines) is 1. The molecule has 98 valence electrons. The predicted octanol–water partition coefficient (Wildman–Crippen LogP) is 1.39.